The molecule has 6 nitrogen and oxygen atoms in total. The van der Waals surface area contributed by atoms with E-state index in [2.05, 4.69) is 0 Å². The number of ketones is 1. The van der Waals surface area contributed by atoms with Gasteiger partial charge in [-0.2, -0.15) is 0 Å². The van der Waals surface area contributed by atoms with Gasteiger partial charge in [-0.15, -0.1) is 0 Å². The molecule has 0 unspecified atom stereocenters. The van der Waals surface area contributed by atoms with E-state index in [0.29, 0.717) is 12.8 Å². The number of carboxylic acids is 2. The van der Waals surface area contributed by atoms with Crippen LogP contribution in [0.15, 0.2) is 42.6 Å². The number of benzene rings is 1. The number of aliphatic carboxylic acids is 2. The van der Waals surface area contributed by atoms with Crippen LogP contribution in [0, 0.1) is 12.8 Å². The number of hydrogen-bond acceptors (Lipinski definition) is 3. The molecule has 2 N–H and O–H groups in total. The lowest BCUT2D eigenvalue weighted by Crippen LogP contribution is -2.48. The molecule has 26 heavy (non-hydrogen) atoms. The molecule has 1 fully saturated rings. The van der Waals surface area contributed by atoms with Gasteiger partial charge in [0, 0.05) is 11.9 Å². The minimum atomic E-state index is -2.05. The molecule has 0 bridgehead atoms. The Bertz CT molecular complexity index is 829. The average Bonchev–Trinajstić information content (AvgIpc) is 3.24. The van der Waals surface area contributed by atoms with Crippen LogP contribution in [-0.2, 0) is 19.9 Å². The molecule has 0 amide bonds. The monoisotopic (exact) mass is 355 g/mol. The Morgan fingerprint density at radius 3 is 2.12 bits per heavy atom. The first-order valence-electron chi connectivity index (χ1n) is 8.61. The molecular formula is C20H21NO5. The number of Topliss-reactive ketones (excluding diaryl/α,β-unsaturated/α-hetero) is 1. The third kappa shape index (κ3) is 2.92. The number of aryl methyl sites for hydroxylation is 1. The first-order chi connectivity index (χ1) is 12.4. The standard InChI is InChI=1S/C20H21NO5/c1-13-6-8-14(9-7-13)15-5-4-12-21(15)20(10-2-3-11-20)17(22)16(18(23)24)19(25)26/h4-9,12,16H,2-3,10-11H2,1H3,(H,23,24)(H,25,26). The number of nitrogens with zero attached hydrogens (tertiary/aromatic N) is 1. The summed E-state index contributed by atoms with van der Waals surface area (Å²) in [6, 6.07) is 11.5. The Morgan fingerprint density at radius 1 is 1.00 bits per heavy atom. The molecule has 1 aliphatic rings. The summed E-state index contributed by atoms with van der Waals surface area (Å²) in [6.45, 7) is 1.98. The van der Waals surface area contributed by atoms with Crippen LogP contribution in [0.25, 0.3) is 11.3 Å². The van der Waals surface area contributed by atoms with Crippen molar-refractivity contribution in [3.05, 3.63) is 48.2 Å². The van der Waals surface area contributed by atoms with Crippen molar-refractivity contribution in [3.8, 4) is 11.3 Å². The van der Waals surface area contributed by atoms with E-state index in [1.54, 1.807) is 16.8 Å². The Balaban J connectivity index is 2.11. The third-order valence-corrected chi connectivity index (χ3v) is 5.20. The van der Waals surface area contributed by atoms with Crippen LogP contribution < -0.4 is 0 Å². The Labute approximate surface area is 151 Å². The molecule has 6 heteroatoms. The molecule has 0 radical (unpaired) electrons. The third-order valence-electron chi connectivity index (χ3n) is 5.20. The van der Waals surface area contributed by atoms with Crippen LogP contribution in [0.4, 0.5) is 0 Å². The zero-order valence-electron chi connectivity index (χ0n) is 14.5. The summed E-state index contributed by atoms with van der Waals surface area (Å²) in [5, 5.41) is 18.6. The molecule has 0 aliphatic heterocycles. The van der Waals surface area contributed by atoms with Crippen LogP contribution in [0.1, 0.15) is 31.2 Å². The molecular weight excluding hydrogens is 334 g/mol. The largest absolute Gasteiger partial charge is 0.480 e. The number of carbonyl (C=O) groups is 3. The summed E-state index contributed by atoms with van der Waals surface area (Å²) in [6.07, 6.45) is 4.14. The first-order valence-corrected chi connectivity index (χ1v) is 8.61. The van der Waals surface area contributed by atoms with Crippen molar-refractivity contribution in [2.75, 3.05) is 0 Å². The molecule has 1 aromatic carbocycles. The lowest BCUT2D eigenvalue weighted by Gasteiger charge is -2.33. The summed E-state index contributed by atoms with van der Waals surface area (Å²) in [5.41, 5.74) is 1.66. The molecule has 0 spiro atoms. The van der Waals surface area contributed by atoms with Crippen molar-refractivity contribution in [1.82, 2.24) is 4.57 Å². The van der Waals surface area contributed by atoms with E-state index in [1.807, 2.05) is 37.3 Å². The van der Waals surface area contributed by atoms with Gasteiger partial charge in [0.25, 0.3) is 0 Å². The van der Waals surface area contributed by atoms with E-state index in [1.165, 1.54) is 0 Å². The maximum Gasteiger partial charge on any atom is 0.325 e. The van der Waals surface area contributed by atoms with Crippen LogP contribution in [0.2, 0.25) is 0 Å². The predicted octanol–water partition coefficient (Wildman–Crippen LogP) is 3.09. The SMILES string of the molecule is Cc1ccc(-c2cccn2C2(C(=O)C(C(=O)O)C(=O)O)CCCC2)cc1. The van der Waals surface area contributed by atoms with Crippen molar-refractivity contribution in [2.45, 2.75) is 38.1 Å². The van der Waals surface area contributed by atoms with Gasteiger partial charge in [-0.25, -0.2) is 0 Å². The molecule has 1 saturated carbocycles. The highest BCUT2D eigenvalue weighted by Crippen LogP contribution is 2.42. The minimum absolute atomic E-state index is 0.441. The Kier molecular flexibility index (Phi) is 4.68. The smallest absolute Gasteiger partial charge is 0.325 e. The Morgan fingerprint density at radius 2 is 1.58 bits per heavy atom. The quantitative estimate of drug-likeness (QED) is 0.776. The van der Waals surface area contributed by atoms with Gasteiger partial charge in [-0.1, -0.05) is 42.7 Å². The van der Waals surface area contributed by atoms with Gasteiger partial charge < -0.3 is 14.8 Å². The second-order valence-corrected chi connectivity index (χ2v) is 6.84. The van der Waals surface area contributed by atoms with Crippen LogP contribution in [-0.4, -0.2) is 32.5 Å². The van der Waals surface area contributed by atoms with Crippen LogP contribution in [0.5, 0.6) is 0 Å². The van der Waals surface area contributed by atoms with Gasteiger partial charge in [0.05, 0.1) is 0 Å². The topological polar surface area (TPSA) is 96.6 Å². The number of carbonyl (C=O) groups excluding carboxylic acids is 1. The summed E-state index contributed by atoms with van der Waals surface area (Å²) in [7, 11) is 0. The average molecular weight is 355 g/mol. The molecule has 1 aromatic heterocycles. The van der Waals surface area contributed by atoms with Crippen LogP contribution in [0.3, 0.4) is 0 Å². The number of carboxylic acid groups (broad SMARTS) is 2. The molecule has 3 rings (SSSR count). The maximum absolute atomic E-state index is 13.1. The predicted molar refractivity (Wildman–Crippen MR) is 94.8 cm³/mol. The van der Waals surface area contributed by atoms with Gasteiger partial charge in [-0.05, 0) is 37.5 Å². The fourth-order valence-electron chi connectivity index (χ4n) is 3.88. The summed E-state index contributed by atoms with van der Waals surface area (Å²) in [5.74, 6) is -6.03. The van der Waals surface area contributed by atoms with Crippen LogP contribution >= 0.6 is 0 Å². The van der Waals surface area contributed by atoms with E-state index in [9.17, 15) is 24.6 Å². The summed E-state index contributed by atoms with van der Waals surface area (Å²) >= 11 is 0. The lowest BCUT2D eigenvalue weighted by molar-refractivity contribution is -0.160. The van der Waals surface area contributed by atoms with Gasteiger partial charge in [0.2, 0.25) is 5.92 Å². The molecule has 2 aromatic rings. The van der Waals surface area contributed by atoms with Crippen molar-refractivity contribution in [3.63, 3.8) is 0 Å². The zero-order chi connectivity index (χ0) is 18.9. The van der Waals surface area contributed by atoms with E-state index >= 15 is 0 Å². The second-order valence-electron chi connectivity index (χ2n) is 6.84. The normalized spacial score (nSPS) is 15.9. The van der Waals surface area contributed by atoms with Gasteiger partial charge in [0.1, 0.15) is 5.54 Å². The minimum Gasteiger partial charge on any atom is -0.480 e. The summed E-state index contributed by atoms with van der Waals surface area (Å²) in [4.78, 5) is 36.0. The maximum atomic E-state index is 13.1. The second kappa shape index (κ2) is 6.78. The van der Waals surface area contributed by atoms with Crippen molar-refractivity contribution < 1.29 is 24.6 Å². The molecule has 1 aliphatic carbocycles. The zero-order valence-corrected chi connectivity index (χ0v) is 14.5. The fourth-order valence-corrected chi connectivity index (χ4v) is 3.88. The summed E-state index contributed by atoms with van der Waals surface area (Å²) < 4.78 is 1.78. The fraction of sp³-hybridized carbons (Fsp3) is 0.350. The Hall–Kier alpha value is -2.89. The molecule has 1 heterocycles. The number of aromatic nitrogens is 1. The highest BCUT2D eigenvalue weighted by Gasteiger charge is 2.50. The van der Waals surface area contributed by atoms with E-state index in [0.717, 1.165) is 29.7 Å². The van der Waals surface area contributed by atoms with Crippen molar-refractivity contribution in [2.24, 2.45) is 5.92 Å². The molecule has 0 atom stereocenters. The van der Waals surface area contributed by atoms with E-state index in [-0.39, 0.29) is 0 Å². The first kappa shape index (κ1) is 17.9. The highest BCUT2D eigenvalue weighted by atomic mass is 16.4. The van der Waals surface area contributed by atoms with E-state index < -0.39 is 29.2 Å². The van der Waals surface area contributed by atoms with Gasteiger partial charge in [0.15, 0.2) is 5.78 Å². The molecule has 0 saturated heterocycles. The number of hydrogen-bond donors (Lipinski definition) is 2. The van der Waals surface area contributed by atoms with E-state index in [4.69, 9.17) is 0 Å². The van der Waals surface area contributed by atoms with Crippen molar-refractivity contribution in [1.29, 1.82) is 0 Å². The molecule has 136 valence electrons. The van der Waals surface area contributed by atoms with Gasteiger partial charge >= 0.3 is 11.9 Å². The van der Waals surface area contributed by atoms with Crippen molar-refractivity contribution >= 4 is 17.7 Å². The number of rotatable bonds is 6. The lowest BCUT2D eigenvalue weighted by atomic mass is 9.83. The highest BCUT2D eigenvalue weighted by molar-refractivity contribution is 6.16. The van der Waals surface area contributed by atoms with Gasteiger partial charge in [-0.3, -0.25) is 14.4 Å².